The zero-order valence-corrected chi connectivity index (χ0v) is 18.0. The number of sulfonamides is 1. The van der Waals surface area contributed by atoms with Gasteiger partial charge in [-0.05, 0) is 37.0 Å². The second-order valence-electron chi connectivity index (χ2n) is 7.28. The molecule has 29 heavy (non-hydrogen) atoms. The Morgan fingerprint density at radius 2 is 1.83 bits per heavy atom. The van der Waals surface area contributed by atoms with Crippen molar-refractivity contribution in [2.24, 2.45) is 13.0 Å². The van der Waals surface area contributed by atoms with E-state index in [2.05, 4.69) is 12.2 Å². The van der Waals surface area contributed by atoms with Gasteiger partial charge in [-0.1, -0.05) is 6.92 Å². The fourth-order valence-electron chi connectivity index (χ4n) is 3.37. The van der Waals surface area contributed by atoms with Crippen LogP contribution in [0.2, 0.25) is 0 Å². The lowest BCUT2D eigenvalue weighted by Gasteiger charge is -2.29. The number of aromatic nitrogens is 1. The molecular formula is C20H27N3O5S. The normalized spacial score (nSPS) is 15.9. The van der Waals surface area contributed by atoms with Crippen LogP contribution < -0.4 is 14.8 Å². The van der Waals surface area contributed by atoms with E-state index in [4.69, 9.17) is 9.47 Å². The van der Waals surface area contributed by atoms with E-state index in [1.165, 1.54) is 35.4 Å². The minimum Gasteiger partial charge on any atom is -0.497 e. The van der Waals surface area contributed by atoms with Gasteiger partial charge in [0.25, 0.3) is 5.91 Å². The van der Waals surface area contributed by atoms with Crippen molar-refractivity contribution in [3.63, 3.8) is 0 Å². The standard InChI is InChI=1S/C20H27N3O5S/c1-14-7-9-23(10-8-14)29(25,26)16-12-18(22(2)13-16)20(24)21-17-11-15(27-3)5-6-19(17)28-4/h5-6,11-14H,7-10H2,1-4H3,(H,21,24). The number of nitrogens with zero attached hydrogens (tertiary/aromatic N) is 2. The number of ether oxygens (including phenoxy) is 2. The second-order valence-corrected chi connectivity index (χ2v) is 9.22. The van der Waals surface area contributed by atoms with Crippen molar-refractivity contribution in [3.05, 3.63) is 36.2 Å². The Morgan fingerprint density at radius 3 is 2.45 bits per heavy atom. The highest BCUT2D eigenvalue weighted by Crippen LogP contribution is 2.30. The summed E-state index contributed by atoms with van der Waals surface area (Å²) in [7, 11) is 1.05. The summed E-state index contributed by atoms with van der Waals surface area (Å²) in [6, 6.07) is 6.47. The number of aryl methyl sites for hydroxylation is 1. The molecule has 0 unspecified atom stereocenters. The van der Waals surface area contributed by atoms with Crippen molar-refractivity contribution < 1.29 is 22.7 Å². The van der Waals surface area contributed by atoms with Gasteiger partial charge in [0.2, 0.25) is 10.0 Å². The van der Waals surface area contributed by atoms with Gasteiger partial charge in [-0.3, -0.25) is 4.79 Å². The predicted octanol–water partition coefficient (Wildman–Crippen LogP) is 2.72. The third-order valence-corrected chi connectivity index (χ3v) is 7.11. The van der Waals surface area contributed by atoms with Gasteiger partial charge >= 0.3 is 0 Å². The van der Waals surface area contributed by atoms with Crippen molar-refractivity contribution in [1.82, 2.24) is 8.87 Å². The van der Waals surface area contributed by atoms with Crippen LogP contribution in [0.1, 0.15) is 30.3 Å². The summed E-state index contributed by atoms with van der Waals surface area (Å²) >= 11 is 0. The number of amides is 1. The maximum absolute atomic E-state index is 13.0. The monoisotopic (exact) mass is 421 g/mol. The first kappa shape index (κ1) is 21.2. The molecule has 9 heteroatoms. The third kappa shape index (κ3) is 4.40. The molecule has 0 atom stereocenters. The van der Waals surface area contributed by atoms with E-state index in [1.54, 1.807) is 25.2 Å². The van der Waals surface area contributed by atoms with Crippen LogP contribution in [0.25, 0.3) is 0 Å². The fraction of sp³-hybridized carbons (Fsp3) is 0.450. The van der Waals surface area contributed by atoms with Crippen LogP contribution in [0.5, 0.6) is 11.5 Å². The summed E-state index contributed by atoms with van der Waals surface area (Å²) in [5.74, 6) is 1.13. The van der Waals surface area contributed by atoms with Crippen molar-refractivity contribution in [2.45, 2.75) is 24.7 Å². The second kappa shape index (κ2) is 8.46. The van der Waals surface area contributed by atoms with E-state index in [1.807, 2.05) is 0 Å². The number of rotatable bonds is 6. The molecule has 0 spiro atoms. The zero-order valence-electron chi connectivity index (χ0n) is 17.1. The molecule has 1 N–H and O–H groups in total. The highest BCUT2D eigenvalue weighted by Gasteiger charge is 2.30. The van der Waals surface area contributed by atoms with Crippen LogP contribution in [0.3, 0.4) is 0 Å². The van der Waals surface area contributed by atoms with Crippen molar-refractivity contribution >= 4 is 21.6 Å². The molecule has 0 radical (unpaired) electrons. The minimum absolute atomic E-state index is 0.123. The molecule has 158 valence electrons. The molecule has 2 aromatic rings. The highest BCUT2D eigenvalue weighted by atomic mass is 32.2. The molecule has 1 saturated heterocycles. The van der Waals surface area contributed by atoms with Crippen molar-refractivity contribution in [1.29, 1.82) is 0 Å². The molecular weight excluding hydrogens is 394 g/mol. The fourth-order valence-corrected chi connectivity index (χ4v) is 4.92. The van der Waals surface area contributed by atoms with Crippen LogP contribution >= 0.6 is 0 Å². The molecule has 0 aliphatic carbocycles. The average molecular weight is 422 g/mol. The number of hydrogen-bond acceptors (Lipinski definition) is 5. The Morgan fingerprint density at radius 1 is 1.14 bits per heavy atom. The smallest absolute Gasteiger partial charge is 0.272 e. The molecule has 3 rings (SSSR count). The van der Waals surface area contributed by atoms with Crippen LogP contribution in [-0.4, -0.2) is 50.5 Å². The quantitative estimate of drug-likeness (QED) is 0.775. The topological polar surface area (TPSA) is 89.9 Å². The number of benzene rings is 1. The zero-order chi connectivity index (χ0) is 21.2. The molecule has 8 nitrogen and oxygen atoms in total. The maximum Gasteiger partial charge on any atom is 0.272 e. The number of anilines is 1. The molecule has 1 aliphatic heterocycles. The number of nitrogens with one attached hydrogen (secondary N) is 1. The van der Waals surface area contributed by atoms with Crippen LogP contribution in [-0.2, 0) is 17.1 Å². The Hall–Kier alpha value is -2.52. The summed E-state index contributed by atoms with van der Waals surface area (Å²) in [5.41, 5.74) is 0.673. The molecule has 1 fully saturated rings. The number of carbonyl (C=O) groups is 1. The molecule has 1 aromatic carbocycles. The number of hydrogen-bond donors (Lipinski definition) is 1. The van der Waals surface area contributed by atoms with E-state index >= 15 is 0 Å². The Balaban J connectivity index is 1.84. The van der Waals surface area contributed by atoms with E-state index in [0.717, 1.165) is 12.8 Å². The maximum atomic E-state index is 13.0. The number of methoxy groups -OCH3 is 2. The van der Waals surface area contributed by atoms with E-state index < -0.39 is 15.9 Å². The molecule has 1 aromatic heterocycles. The Kier molecular flexibility index (Phi) is 6.18. The van der Waals surface area contributed by atoms with Gasteiger partial charge in [-0.15, -0.1) is 0 Å². The number of carbonyl (C=O) groups excluding carboxylic acids is 1. The largest absolute Gasteiger partial charge is 0.497 e. The predicted molar refractivity (Wildman–Crippen MR) is 110 cm³/mol. The molecule has 1 aliphatic rings. The van der Waals surface area contributed by atoms with Gasteiger partial charge in [0.1, 0.15) is 22.1 Å². The van der Waals surface area contributed by atoms with Crippen LogP contribution in [0.4, 0.5) is 5.69 Å². The molecule has 1 amide bonds. The van der Waals surface area contributed by atoms with Gasteiger partial charge < -0.3 is 19.4 Å². The van der Waals surface area contributed by atoms with Gasteiger partial charge in [0, 0.05) is 32.4 Å². The first-order chi connectivity index (χ1) is 13.8. The molecule has 0 bridgehead atoms. The van der Waals surface area contributed by atoms with E-state index in [0.29, 0.717) is 36.2 Å². The highest BCUT2D eigenvalue weighted by molar-refractivity contribution is 7.89. The van der Waals surface area contributed by atoms with E-state index in [9.17, 15) is 13.2 Å². The summed E-state index contributed by atoms with van der Waals surface area (Å²) in [4.78, 5) is 12.9. The van der Waals surface area contributed by atoms with Gasteiger partial charge in [0.15, 0.2) is 0 Å². The summed E-state index contributed by atoms with van der Waals surface area (Å²) in [6.45, 7) is 3.13. The SMILES string of the molecule is COc1ccc(OC)c(NC(=O)c2cc(S(=O)(=O)N3CCC(C)CC3)cn2C)c1. The lowest BCUT2D eigenvalue weighted by molar-refractivity contribution is 0.101. The minimum atomic E-state index is -3.63. The first-order valence-corrected chi connectivity index (χ1v) is 10.9. The van der Waals surface area contributed by atoms with Crippen LogP contribution in [0, 0.1) is 5.92 Å². The lowest BCUT2D eigenvalue weighted by atomic mass is 10.0. The van der Waals surface area contributed by atoms with Gasteiger partial charge in [-0.2, -0.15) is 4.31 Å². The Bertz CT molecular complexity index is 992. The first-order valence-electron chi connectivity index (χ1n) is 9.46. The summed E-state index contributed by atoms with van der Waals surface area (Å²) < 4.78 is 39.4. The van der Waals surface area contributed by atoms with Gasteiger partial charge in [-0.25, -0.2) is 8.42 Å². The molecule has 0 saturated carbocycles. The lowest BCUT2D eigenvalue weighted by Crippen LogP contribution is -2.37. The van der Waals surface area contributed by atoms with Crippen LogP contribution in [0.15, 0.2) is 35.4 Å². The van der Waals surface area contributed by atoms with Crippen molar-refractivity contribution in [3.8, 4) is 11.5 Å². The summed E-state index contributed by atoms with van der Waals surface area (Å²) in [5, 5.41) is 2.77. The van der Waals surface area contributed by atoms with E-state index in [-0.39, 0.29) is 10.6 Å². The third-order valence-electron chi connectivity index (χ3n) is 5.25. The molecule has 2 heterocycles. The Labute approximate surface area is 171 Å². The number of piperidine rings is 1. The van der Waals surface area contributed by atoms with Gasteiger partial charge in [0.05, 0.1) is 19.9 Å². The average Bonchev–Trinajstić information content (AvgIpc) is 3.11. The summed E-state index contributed by atoms with van der Waals surface area (Å²) in [6.07, 6.45) is 3.16. The van der Waals surface area contributed by atoms with Crippen molar-refractivity contribution in [2.75, 3.05) is 32.6 Å².